The standard InChI is InChI=1S/C23H36O3/c1-22(2,3)13-7-10-18-17(11-12-20(18)25)19-9-6-8-16(21(19)26)14-23(4,5)15-24/h6-10,17-18,20,24-26H,11-15H2,1-5H3/b10-7+/t17-,18?,20+/m0/s1. The fourth-order valence-corrected chi connectivity index (χ4v) is 3.83. The van der Waals surface area contributed by atoms with Gasteiger partial charge in [-0.1, -0.05) is 65.0 Å². The van der Waals surface area contributed by atoms with Crippen molar-refractivity contribution in [3.63, 3.8) is 0 Å². The Hall–Kier alpha value is -1.32. The van der Waals surface area contributed by atoms with E-state index in [1.165, 1.54) is 0 Å². The Kier molecular flexibility index (Phi) is 6.57. The summed E-state index contributed by atoms with van der Waals surface area (Å²) in [6.45, 7) is 10.7. The Morgan fingerprint density at radius 1 is 1.12 bits per heavy atom. The molecule has 1 aromatic rings. The minimum Gasteiger partial charge on any atom is -0.507 e. The number of hydrogen-bond acceptors (Lipinski definition) is 3. The largest absolute Gasteiger partial charge is 0.507 e. The molecule has 3 atom stereocenters. The zero-order chi connectivity index (χ0) is 19.5. The van der Waals surface area contributed by atoms with E-state index in [1.54, 1.807) is 0 Å². The van der Waals surface area contributed by atoms with Gasteiger partial charge in [0.25, 0.3) is 0 Å². The highest BCUT2D eigenvalue weighted by atomic mass is 16.3. The van der Waals surface area contributed by atoms with Crippen molar-refractivity contribution in [1.29, 1.82) is 0 Å². The summed E-state index contributed by atoms with van der Waals surface area (Å²) in [4.78, 5) is 0. The molecule has 0 bridgehead atoms. The van der Waals surface area contributed by atoms with Gasteiger partial charge in [0, 0.05) is 12.5 Å². The molecule has 1 aliphatic carbocycles. The maximum Gasteiger partial charge on any atom is 0.122 e. The summed E-state index contributed by atoms with van der Waals surface area (Å²) in [6, 6.07) is 5.91. The van der Waals surface area contributed by atoms with Crippen molar-refractivity contribution >= 4 is 0 Å². The first-order chi connectivity index (χ1) is 12.0. The quantitative estimate of drug-likeness (QED) is 0.639. The van der Waals surface area contributed by atoms with Crippen LogP contribution in [-0.2, 0) is 6.42 Å². The summed E-state index contributed by atoms with van der Waals surface area (Å²) in [5.74, 6) is 0.519. The number of aliphatic hydroxyl groups is 2. The molecule has 0 saturated heterocycles. The number of benzene rings is 1. The summed E-state index contributed by atoms with van der Waals surface area (Å²) < 4.78 is 0. The lowest BCUT2D eigenvalue weighted by molar-refractivity contribution is 0.148. The van der Waals surface area contributed by atoms with Crippen molar-refractivity contribution in [3.8, 4) is 5.75 Å². The Bertz CT molecular complexity index is 625. The first kappa shape index (κ1) is 21.0. The molecule has 1 fully saturated rings. The molecule has 1 aliphatic rings. The molecule has 0 radical (unpaired) electrons. The topological polar surface area (TPSA) is 60.7 Å². The van der Waals surface area contributed by atoms with Gasteiger partial charge in [-0.05, 0) is 53.6 Å². The minimum atomic E-state index is -0.354. The molecule has 0 spiro atoms. The molecular formula is C23H36O3. The normalized spacial score (nSPS) is 24.5. The third-order valence-electron chi connectivity index (χ3n) is 5.42. The van der Waals surface area contributed by atoms with E-state index in [2.05, 4.69) is 32.9 Å². The van der Waals surface area contributed by atoms with Gasteiger partial charge < -0.3 is 15.3 Å². The van der Waals surface area contributed by atoms with Crippen LogP contribution in [0.25, 0.3) is 0 Å². The van der Waals surface area contributed by atoms with Crippen LogP contribution < -0.4 is 0 Å². The van der Waals surface area contributed by atoms with Crippen molar-refractivity contribution in [2.75, 3.05) is 6.61 Å². The predicted molar refractivity (Wildman–Crippen MR) is 107 cm³/mol. The zero-order valence-corrected chi connectivity index (χ0v) is 17.0. The van der Waals surface area contributed by atoms with Gasteiger partial charge in [-0.15, -0.1) is 0 Å². The van der Waals surface area contributed by atoms with Gasteiger partial charge in [-0.25, -0.2) is 0 Å². The lowest BCUT2D eigenvalue weighted by atomic mass is 9.82. The third kappa shape index (κ3) is 5.34. The minimum absolute atomic E-state index is 0.0457. The van der Waals surface area contributed by atoms with Crippen molar-refractivity contribution < 1.29 is 15.3 Å². The number of para-hydroxylation sites is 1. The van der Waals surface area contributed by atoms with E-state index in [4.69, 9.17) is 0 Å². The van der Waals surface area contributed by atoms with Crippen LogP contribution in [0.2, 0.25) is 0 Å². The lowest BCUT2D eigenvalue weighted by Crippen LogP contribution is -2.20. The Labute approximate surface area is 158 Å². The van der Waals surface area contributed by atoms with Crippen LogP contribution >= 0.6 is 0 Å². The highest BCUT2D eigenvalue weighted by Crippen LogP contribution is 2.45. The van der Waals surface area contributed by atoms with Crippen LogP contribution in [0.5, 0.6) is 5.75 Å². The number of hydrogen-bond donors (Lipinski definition) is 3. The van der Waals surface area contributed by atoms with Gasteiger partial charge >= 0.3 is 0 Å². The van der Waals surface area contributed by atoms with Crippen LogP contribution in [0.3, 0.4) is 0 Å². The molecule has 1 unspecified atom stereocenters. The van der Waals surface area contributed by atoms with Crippen LogP contribution in [0.1, 0.15) is 70.9 Å². The maximum absolute atomic E-state index is 10.9. The molecule has 3 N–H and O–H groups in total. The average Bonchev–Trinajstić information content (AvgIpc) is 2.89. The van der Waals surface area contributed by atoms with Crippen LogP contribution in [0.15, 0.2) is 30.4 Å². The molecule has 3 heteroatoms. The van der Waals surface area contributed by atoms with Gasteiger partial charge in [-0.3, -0.25) is 0 Å². The summed E-state index contributed by atoms with van der Waals surface area (Å²) >= 11 is 0. The molecule has 2 rings (SSSR count). The van der Waals surface area contributed by atoms with E-state index in [0.29, 0.717) is 12.2 Å². The van der Waals surface area contributed by atoms with E-state index in [0.717, 1.165) is 30.4 Å². The monoisotopic (exact) mass is 360 g/mol. The SMILES string of the molecule is CC(C)(C)C/C=C/C1[C@H](O)CC[C@@H]1c1cccc(CC(C)(C)CO)c1O. The van der Waals surface area contributed by atoms with Crippen molar-refractivity contribution in [1.82, 2.24) is 0 Å². The first-order valence-corrected chi connectivity index (χ1v) is 9.80. The highest BCUT2D eigenvalue weighted by molar-refractivity contribution is 5.44. The van der Waals surface area contributed by atoms with E-state index < -0.39 is 0 Å². The van der Waals surface area contributed by atoms with Crippen molar-refractivity contribution in [2.24, 2.45) is 16.7 Å². The second-order valence-electron chi connectivity index (χ2n) is 9.88. The number of aliphatic hydroxyl groups excluding tert-OH is 2. The van der Waals surface area contributed by atoms with Crippen LogP contribution in [-0.4, -0.2) is 28.0 Å². The molecule has 0 aliphatic heterocycles. The Morgan fingerprint density at radius 2 is 1.81 bits per heavy atom. The molecule has 0 amide bonds. The number of phenols is 1. The van der Waals surface area contributed by atoms with E-state index in [-0.39, 0.29) is 35.4 Å². The fourth-order valence-electron chi connectivity index (χ4n) is 3.83. The molecule has 0 heterocycles. The smallest absolute Gasteiger partial charge is 0.122 e. The summed E-state index contributed by atoms with van der Waals surface area (Å²) in [5.41, 5.74) is 1.77. The molecule has 1 aromatic carbocycles. The van der Waals surface area contributed by atoms with Crippen LogP contribution in [0.4, 0.5) is 0 Å². The molecule has 3 nitrogen and oxygen atoms in total. The number of rotatable bonds is 6. The van der Waals surface area contributed by atoms with Gasteiger partial charge in [0.05, 0.1) is 6.10 Å². The summed E-state index contributed by atoms with van der Waals surface area (Å²) in [7, 11) is 0. The van der Waals surface area contributed by atoms with Crippen LogP contribution in [0, 0.1) is 16.7 Å². The predicted octanol–water partition coefficient (Wildman–Crippen LogP) is 4.80. The Balaban J connectivity index is 2.25. The zero-order valence-electron chi connectivity index (χ0n) is 17.0. The summed E-state index contributed by atoms with van der Waals surface area (Å²) in [5, 5.41) is 30.9. The van der Waals surface area contributed by atoms with E-state index in [9.17, 15) is 15.3 Å². The van der Waals surface area contributed by atoms with Gasteiger partial charge in [0.1, 0.15) is 5.75 Å². The molecule has 0 aromatic heterocycles. The number of allylic oxidation sites excluding steroid dienone is 1. The number of aromatic hydroxyl groups is 1. The van der Waals surface area contributed by atoms with Gasteiger partial charge in [0.15, 0.2) is 0 Å². The fraction of sp³-hybridized carbons (Fsp3) is 0.652. The van der Waals surface area contributed by atoms with Gasteiger partial charge in [0.2, 0.25) is 0 Å². The van der Waals surface area contributed by atoms with Crippen molar-refractivity contribution in [3.05, 3.63) is 41.5 Å². The summed E-state index contributed by atoms with van der Waals surface area (Å²) in [6.07, 6.45) is 7.22. The van der Waals surface area contributed by atoms with Gasteiger partial charge in [-0.2, -0.15) is 0 Å². The second-order valence-corrected chi connectivity index (χ2v) is 9.88. The second kappa shape index (κ2) is 8.14. The molecule has 146 valence electrons. The van der Waals surface area contributed by atoms with Crippen molar-refractivity contribution in [2.45, 2.75) is 72.3 Å². The lowest BCUT2D eigenvalue weighted by Gasteiger charge is -2.25. The Morgan fingerprint density at radius 3 is 2.42 bits per heavy atom. The van der Waals surface area contributed by atoms with E-state index >= 15 is 0 Å². The molecule has 1 saturated carbocycles. The molecular weight excluding hydrogens is 324 g/mol. The third-order valence-corrected chi connectivity index (χ3v) is 5.42. The van der Waals surface area contributed by atoms with E-state index in [1.807, 2.05) is 32.0 Å². The first-order valence-electron chi connectivity index (χ1n) is 9.80. The maximum atomic E-state index is 10.9. The highest BCUT2D eigenvalue weighted by Gasteiger charge is 2.36. The molecule has 26 heavy (non-hydrogen) atoms. The number of phenolic OH excluding ortho intramolecular Hbond substituents is 1. The average molecular weight is 361 g/mol.